The van der Waals surface area contributed by atoms with Crippen LogP contribution in [-0.4, -0.2) is 108 Å². The molecule has 226 valence electrons. The molecule has 6 rings (SSSR count). The van der Waals surface area contributed by atoms with E-state index in [1.165, 1.54) is 0 Å². The summed E-state index contributed by atoms with van der Waals surface area (Å²) in [5, 5.41) is 5.71. The van der Waals surface area contributed by atoms with Crippen LogP contribution in [0.5, 0.6) is 0 Å². The summed E-state index contributed by atoms with van der Waals surface area (Å²) in [7, 11) is 0. The minimum Gasteiger partial charge on any atom is -0.378 e. The van der Waals surface area contributed by atoms with Gasteiger partial charge in [-0.05, 0) is 68.8 Å². The van der Waals surface area contributed by atoms with E-state index in [9.17, 15) is 9.59 Å². The third kappa shape index (κ3) is 6.86. The Kier molecular flexibility index (Phi) is 8.66. The molecule has 4 heterocycles. The summed E-state index contributed by atoms with van der Waals surface area (Å²) < 4.78 is 5.50. The van der Waals surface area contributed by atoms with Crippen LogP contribution in [-0.2, 0) is 4.74 Å². The topological polar surface area (TPSA) is 119 Å². The number of urea groups is 1. The highest BCUT2D eigenvalue weighted by atomic mass is 16.5. The molecule has 12 heteroatoms. The predicted molar refractivity (Wildman–Crippen MR) is 167 cm³/mol. The Labute approximate surface area is 252 Å². The Morgan fingerprint density at radius 2 is 1.28 bits per heavy atom. The minimum absolute atomic E-state index is 0.0201. The molecule has 2 aromatic carbocycles. The molecular formula is C31H39N9O3. The minimum atomic E-state index is -0.369. The highest BCUT2D eigenvalue weighted by Crippen LogP contribution is 2.25. The fraction of sp³-hybridized carbons (Fsp3) is 0.452. The van der Waals surface area contributed by atoms with Crippen molar-refractivity contribution in [2.24, 2.45) is 0 Å². The average molecular weight is 586 g/mol. The fourth-order valence-electron chi connectivity index (χ4n) is 5.36. The van der Waals surface area contributed by atoms with Gasteiger partial charge in [-0.25, -0.2) is 4.79 Å². The number of nitrogens with zero attached hydrogens (tertiary/aromatic N) is 7. The normalized spacial score (nSPS) is 17.5. The van der Waals surface area contributed by atoms with Crippen molar-refractivity contribution in [1.82, 2.24) is 24.8 Å². The van der Waals surface area contributed by atoms with E-state index in [4.69, 9.17) is 19.7 Å². The number of carbonyl (C=O) groups excluding carboxylic acids is 2. The number of aromatic nitrogens is 3. The van der Waals surface area contributed by atoms with Gasteiger partial charge in [0.2, 0.25) is 11.9 Å². The lowest BCUT2D eigenvalue weighted by Crippen LogP contribution is -2.50. The van der Waals surface area contributed by atoms with E-state index in [0.29, 0.717) is 53.9 Å². The van der Waals surface area contributed by atoms with E-state index < -0.39 is 0 Å². The van der Waals surface area contributed by atoms with Gasteiger partial charge >= 0.3 is 6.03 Å². The zero-order valence-electron chi connectivity index (χ0n) is 24.8. The van der Waals surface area contributed by atoms with Gasteiger partial charge in [0.25, 0.3) is 5.91 Å². The van der Waals surface area contributed by atoms with E-state index >= 15 is 0 Å². The van der Waals surface area contributed by atoms with Crippen LogP contribution in [0.1, 0.15) is 30.6 Å². The second kappa shape index (κ2) is 12.9. The number of hydrogen-bond donors (Lipinski definition) is 2. The second-order valence-electron chi connectivity index (χ2n) is 11.4. The Balaban J connectivity index is 1.06. The first-order chi connectivity index (χ1) is 20.9. The monoisotopic (exact) mass is 585 g/mol. The number of nitrogens with one attached hydrogen (secondary N) is 2. The molecule has 43 heavy (non-hydrogen) atoms. The molecule has 2 N–H and O–H groups in total. The summed E-state index contributed by atoms with van der Waals surface area (Å²) in [4.78, 5) is 48.5. The molecule has 12 nitrogen and oxygen atoms in total. The number of hydrogen-bond acceptors (Lipinski definition) is 9. The van der Waals surface area contributed by atoms with E-state index in [1.807, 2.05) is 29.2 Å². The number of rotatable bonds is 7. The van der Waals surface area contributed by atoms with E-state index in [0.717, 1.165) is 64.3 Å². The van der Waals surface area contributed by atoms with Crippen LogP contribution in [0.4, 0.5) is 28.1 Å². The van der Waals surface area contributed by atoms with Gasteiger partial charge in [-0.1, -0.05) is 0 Å². The van der Waals surface area contributed by atoms with Crippen molar-refractivity contribution in [2.75, 3.05) is 86.0 Å². The number of amides is 3. The Morgan fingerprint density at radius 1 is 0.721 bits per heavy atom. The second-order valence-corrected chi connectivity index (χ2v) is 11.4. The summed E-state index contributed by atoms with van der Waals surface area (Å²) in [6.07, 6.45) is 1.13. The van der Waals surface area contributed by atoms with Gasteiger partial charge in [0.1, 0.15) is 0 Å². The Morgan fingerprint density at radius 3 is 1.81 bits per heavy atom. The molecule has 3 fully saturated rings. The van der Waals surface area contributed by atoms with Crippen molar-refractivity contribution < 1.29 is 14.3 Å². The van der Waals surface area contributed by atoms with Gasteiger partial charge in [-0.3, -0.25) is 9.69 Å². The zero-order chi connectivity index (χ0) is 29.8. The molecule has 3 aliphatic rings. The third-order valence-corrected chi connectivity index (χ3v) is 8.17. The molecule has 1 aromatic heterocycles. The first-order valence-electron chi connectivity index (χ1n) is 15.1. The SMILES string of the molecule is CC(C)N1CCN(C(=O)c2ccc(NC(=O)Nc3ccc(-c4nc(N5CCC5)nc(N5CCOCC5)n4)cc3)cc2)CC1. The largest absolute Gasteiger partial charge is 0.378 e. The zero-order valence-corrected chi connectivity index (χ0v) is 24.8. The third-order valence-electron chi connectivity index (χ3n) is 8.17. The lowest BCUT2D eigenvalue weighted by Gasteiger charge is -2.37. The summed E-state index contributed by atoms with van der Waals surface area (Å²) >= 11 is 0. The molecule has 3 aliphatic heterocycles. The van der Waals surface area contributed by atoms with Gasteiger partial charge in [0.15, 0.2) is 5.82 Å². The van der Waals surface area contributed by atoms with Crippen molar-refractivity contribution in [3.63, 3.8) is 0 Å². The van der Waals surface area contributed by atoms with Gasteiger partial charge in [0, 0.05) is 80.9 Å². The molecular weight excluding hydrogens is 546 g/mol. The quantitative estimate of drug-likeness (QED) is 0.430. The maximum atomic E-state index is 12.9. The number of anilines is 4. The van der Waals surface area contributed by atoms with Crippen LogP contribution in [0.3, 0.4) is 0 Å². The van der Waals surface area contributed by atoms with E-state index in [2.05, 4.69) is 39.2 Å². The number of benzene rings is 2. The molecule has 3 aromatic rings. The fourth-order valence-corrected chi connectivity index (χ4v) is 5.36. The van der Waals surface area contributed by atoms with Gasteiger partial charge in [-0.2, -0.15) is 15.0 Å². The van der Waals surface area contributed by atoms with Gasteiger partial charge in [0.05, 0.1) is 13.2 Å². The van der Waals surface area contributed by atoms with Crippen molar-refractivity contribution in [3.05, 3.63) is 54.1 Å². The Hall–Kier alpha value is -4.29. The van der Waals surface area contributed by atoms with Crippen molar-refractivity contribution in [3.8, 4) is 11.4 Å². The van der Waals surface area contributed by atoms with Crippen molar-refractivity contribution in [1.29, 1.82) is 0 Å². The van der Waals surface area contributed by atoms with Crippen LogP contribution in [0.15, 0.2) is 48.5 Å². The Bertz CT molecular complexity index is 1410. The molecule has 0 spiro atoms. The highest BCUT2D eigenvalue weighted by Gasteiger charge is 2.24. The first kappa shape index (κ1) is 28.8. The van der Waals surface area contributed by atoms with Crippen LogP contribution >= 0.6 is 0 Å². The molecule has 0 unspecified atom stereocenters. The van der Waals surface area contributed by atoms with Crippen LogP contribution < -0.4 is 20.4 Å². The summed E-state index contributed by atoms with van der Waals surface area (Å²) in [6.45, 7) is 12.3. The summed E-state index contributed by atoms with van der Waals surface area (Å²) in [6, 6.07) is 14.6. The van der Waals surface area contributed by atoms with Crippen molar-refractivity contribution in [2.45, 2.75) is 26.3 Å². The molecule has 0 radical (unpaired) electrons. The average Bonchev–Trinajstić information content (AvgIpc) is 3.01. The van der Waals surface area contributed by atoms with E-state index in [1.54, 1.807) is 24.3 Å². The highest BCUT2D eigenvalue weighted by molar-refractivity contribution is 6.00. The predicted octanol–water partition coefficient (Wildman–Crippen LogP) is 3.40. The smallest absolute Gasteiger partial charge is 0.323 e. The molecule has 0 bridgehead atoms. The lowest BCUT2D eigenvalue weighted by atomic mass is 10.1. The standard InChI is InChI=1S/C31H39N9O3/c1-22(2)37-14-16-38(17-15-37)28(41)24-6-10-26(11-7-24)33-31(42)32-25-8-4-23(5-9-25)27-34-29(39-12-3-13-39)36-30(35-27)40-18-20-43-21-19-40/h4-11,22H,3,12-21H2,1-2H3,(H2,32,33,42). The molecule has 0 atom stereocenters. The number of ether oxygens (including phenoxy) is 1. The number of piperazine rings is 1. The summed E-state index contributed by atoms with van der Waals surface area (Å²) in [5.41, 5.74) is 2.70. The first-order valence-corrected chi connectivity index (χ1v) is 15.1. The van der Waals surface area contributed by atoms with Gasteiger partial charge < -0.3 is 30.1 Å². The molecule has 3 amide bonds. The van der Waals surface area contributed by atoms with Crippen LogP contribution in [0.2, 0.25) is 0 Å². The molecule has 0 saturated carbocycles. The van der Waals surface area contributed by atoms with Crippen LogP contribution in [0.25, 0.3) is 11.4 Å². The number of carbonyl (C=O) groups is 2. The van der Waals surface area contributed by atoms with E-state index in [-0.39, 0.29) is 11.9 Å². The number of morpholine rings is 1. The molecule has 0 aliphatic carbocycles. The van der Waals surface area contributed by atoms with Crippen molar-refractivity contribution >= 4 is 35.2 Å². The lowest BCUT2D eigenvalue weighted by molar-refractivity contribution is 0.0595. The van der Waals surface area contributed by atoms with Crippen LogP contribution in [0, 0.1) is 0 Å². The maximum absolute atomic E-state index is 12.9. The van der Waals surface area contributed by atoms with Gasteiger partial charge in [-0.15, -0.1) is 0 Å². The summed E-state index contributed by atoms with van der Waals surface area (Å²) in [5.74, 6) is 1.98. The molecule has 3 saturated heterocycles. The maximum Gasteiger partial charge on any atom is 0.323 e.